The maximum atomic E-state index is 11.7. The summed E-state index contributed by atoms with van der Waals surface area (Å²) in [4.78, 5) is 26.5. The minimum Gasteiger partial charge on any atom is -0.507 e. The Morgan fingerprint density at radius 3 is 2.34 bits per heavy atom. The summed E-state index contributed by atoms with van der Waals surface area (Å²) in [7, 11) is 3.75. The van der Waals surface area contributed by atoms with E-state index in [2.05, 4.69) is 20.9 Å². The molecule has 2 heterocycles. The van der Waals surface area contributed by atoms with Crippen molar-refractivity contribution in [1.82, 2.24) is 14.9 Å². The van der Waals surface area contributed by atoms with E-state index in [4.69, 9.17) is 11.6 Å². The fourth-order valence-electron chi connectivity index (χ4n) is 4.89. The lowest BCUT2D eigenvalue weighted by Gasteiger charge is -2.21. The van der Waals surface area contributed by atoms with E-state index in [0.717, 1.165) is 64.9 Å². The summed E-state index contributed by atoms with van der Waals surface area (Å²) in [5.41, 5.74) is 7.27. The van der Waals surface area contributed by atoms with Crippen LogP contribution in [-0.4, -0.2) is 53.6 Å². The number of aromatic hydroxyl groups is 1. The van der Waals surface area contributed by atoms with Crippen LogP contribution in [0.5, 0.6) is 5.75 Å². The van der Waals surface area contributed by atoms with E-state index in [-0.39, 0.29) is 5.75 Å². The van der Waals surface area contributed by atoms with Crippen molar-refractivity contribution in [2.45, 2.75) is 19.8 Å². The predicted octanol–water partition coefficient (Wildman–Crippen LogP) is 6.23. The monoisotopic (exact) mass is 527 g/mol. The molecule has 5 rings (SSSR count). The van der Waals surface area contributed by atoms with Crippen LogP contribution in [0.3, 0.4) is 0 Å². The van der Waals surface area contributed by atoms with E-state index in [1.807, 2.05) is 50.2 Å². The predicted molar refractivity (Wildman–Crippen MR) is 155 cm³/mol. The molecule has 38 heavy (non-hydrogen) atoms. The molecular weight excluding hydrogens is 498 g/mol. The highest BCUT2D eigenvalue weighted by atomic mass is 35.5. The van der Waals surface area contributed by atoms with Gasteiger partial charge in [-0.3, -0.25) is 19.7 Å². The summed E-state index contributed by atoms with van der Waals surface area (Å²) in [5, 5.41) is 11.9. The van der Waals surface area contributed by atoms with Gasteiger partial charge in [0.25, 0.3) is 0 Å². The third-order valence-corrected chi connectivity index (χ3v) is 7.04. The van der Waals surface area contributed by atoms with E-state index in [1.165, 1.54) is 4.90 Å². The number of amides is 1. The molecule has 3 aromatic carbocycles. The lowest BCUT2D eigenvalue weighted by Crippen LogP contribution is -2.18. The molecule has 8 heteroatoms. The number of anilines is 2. The minimum atomic E-state index is 0.162. The summed E-state index contributed by atoms with van der Waals surface area (Å²) in [6, 6.07) is 13.4. The molecule has 0 aliphatic carbocycles. The van der Waals surface area contributed by atoms with E-state index in [9.17, 15) is 9.90 Å². The molecule has 4 aromatic rings. The molecule has 194 valence electrons. The SMILES string of the molecule is Cc1cc(-c2ccc(N(C=O)/C=C\N(C)C)c(Cl)c2)c(O)c(-c2cc(N3CCCC3)c3nccnc3c2)c1. The molecule has 0 radical (unpaired) electrons. The molecule has 1 aliphatic rings. The Balaban J connectivity index is 1.60. The highest BCUT2D eigenvalue weighted by Crippen LogP contribution is 2.43. The van der Waals surface area contributed by atoms with Crippen molar-refractivity contribution >= 4 is 40.4 Å². The summed E-state index contributed by atoms with van der Waals surface area (Å²) < 4.78 is 0. The highest BCUT2D eigenvalue weighted by molar-refractivity contribution is 6.34. The lowest BCUT2D eigenvalue weighted by molar-refractivity contribution is -0.106. The van der Waals surface area contributed by atoms with Crippen LogP contribution in [0.25, 0.3) is 33.3 Å². The quantitative estimate of drug-likeness (QED) is 0.287. The highest BCUT2D eigenvalue weighted by Gasteiger charge is 2.20. The standard InChI is InChI=1S/C30H30ClN5O2/c1-20-14-23(21-6-7-27(25(31)16-21)36(19-37)13-12-34(2)3)30(38)24(15-20)22-17-26-29(33-9-8-32-26)28(18-22)35-10-4-5-11-35/h6-9,12-19,38H,4-5,10-11H2,1-3H3/b13-12-. The Kier molecular flexibility index (Phi) is 7.20. The maximum absolute atomic E-state index is 11.7. The molecule has 0 spiro atoms. The minimum absolute atomic E-state index is 0.162. The number of hydrogen-bond donors (Lipinski definition) is 1. The summed E-state index contributed by atoms with van der Waals surface area (Å²) in [6.45, 7) is 3.96. The van der Waals surface area contributed by atoms with Gasteiger partial charge in [0, 0.05) is 63.1 Å². The second kappa shape index (κ2) is 10.7. The summed E-state index contributed by atoms with van der Waals surface area (Å²) in [6.07, 6.45) is 9.84. The number of nitrogens with zero attached hydrogens (tertiary/aromatic N) is 5. The number of phenols is 1. The second-order valence-corrected chi connectivity index (χ2v) is 10.2. The first-order chi connectivity index (χ1) is 18.4. The van der Waals surface area contributed by atoms with Crippen molar-refractivity contribution in [3.8, 4) is 28.0 Å². The number of hydrogen-bond acceptors (Lipinski definition) is 6. The molecule has 7 nitrogen and oxygen atoms in total. The first-order valence-electron chi connectivity index (χ1n) is 12.6. The largest absolute Gasteiger partial charge is 0.507 e. The number of carbonyl (C=O) groups is 1. The van der Waals surface area contributed by atoms with Crippen molar-refractivity contribution in [2.75, 3.05) is 37.0 Å². The van der Waals surface area contributed by atoms with Gasteiger partial charge in [0.05, 0.1) is 21.9 Å². The van der Waals surface area contributed by atoms with Crippen LogP contribution in [0.15, 0.2) is 67.3 Å². The number of fused-ring (bicyclic) bond motifs is 1. The Labute approximate surface area is 227 Å². The van der Waals surface area contributed by atoms with E-state index >= 15 is 0 Å². The van der Waals surface area contributed by atoms with Gasteiger partial charge in [-0.05, 0) is 72.9 Å². The smallest absolute Gasteiger partial charge is 0.218 e. The van der Waals surface area contributed by atoms with Gasteiger partial charge >= 0.3 is 0 Å². The van der Waals surface area contributed by atoms with Gasteiger partial charge in [-0.2, -0.15) is 0 Å². The van der Waals surface area contributed by atoms with Crippen LogP contribution in [0.2, 0.25) is 5.02 Å². The van der Waals surface area contributed by atoms with E-state index < -0.39 is 0 Å². The van der Waals surface area contributed by atoms with Gasteiger partial charge in [-0.15, -0.1) is 0 Å². The molecule has 0 saturated carbocycles. The number of aryl methyl sites for hydroxylation is 1. The first kappa shape index (κ1) is 25.5. The number of benzene rings is 3. The van der Waals surface area contributed by atoms with Crippen LogP contribution in [-0.2, 0) is 4.79 Å². The Hall–Kier alpha value is -4.10. The van der Waals surface area contributed by atoms with Crippen LogP contribution < -0.4 is 9.80 Å². The summed E-state index contributed by atoms with van der Waals surface area (Å²) >= 11 is 6.63. The molecule has 0 bridgehead atoms. The van der Waals surface area contributed by atoms with Gasteiger partial charge in [0.15, 0.2) is 0 Å². The van der Waals surface area contributed by atoms with Crippen molar-refractivity contribution in [3.05, 3.63) is 77.8 Å². The Morgan fingerprint density at radius 2 is 1.66 bits per heavy atom. The molecular formula is C30H30ClN5O2. The molecule has 1 fully saturated rings. The van der Waals surface area contributed by atoms with Crippen molar-refractivity contribution in [1.29, 1.82) is 0 Å². The van der Waals surface area contributed by atoms with Gasteiger partial charge in [0.1, 0.15) is 11.3 Å². The average Bonchev–Trinajstić information content (AvgIpc) is 3.45. The molecule has 0 atom stereocenters. The molecule has 1 N–H and O–H groups in total. The Morgan fingerprint density at radius 1 is 0.947 bits per heavy atom. The topological polar surface area (TPSA) is 72.8 Å². The van der Waals surface area contributed by atoms with E-state index in [1.54, 1.807) is 36.9 Å². The number of carbonyl (C=O) groups excluding carboxylic acids is 1. The fourth-order valence-corrected chi connectivity index (χ4v) is 5.17. The molecule has 1 aromatic heterocycles. The normalized spacial score (nSPS) is 13.4. The van der Waals surface area contributed by atoms with Gasteiger partial charge in [-0.25, -0.2) is 0 Å². The molecule has 0 unspecified atom stereocenters. The fraction of sp³-hybridized carbons (Fsp3) is 0.233. The van der Waals surface area contributed by atoms with Crippen LogP contribution >= 0.6 is 11.6 Å². The van der Waals surface area contributed by atoms with E-state index in [0.29, 0.717) is 22.7 Å². The lowest BCUT2D eigenvalue weighted by atomic mass is 9.94. The number of aromatic nitrogens is 2. The Bertz CT molecular complexity index is 1530. The van der Waals surface area contributed by atoms with Gasteiger partial charge in [-0.1, -0.05) is 17.7 Å². The van der Waals surface area contributed by atoms with Crippen molar-refractivity contribution in [3.63, 3.8) is 0 Å². The average molecular weight is 528 g/mol. The third-order valence-electron chi connectivity index (χ3n) is 6.74. The van der Waals surface area contributed by atoms with Crippen LogP contribution in [0.1, 0.15) is 18.4 Å². The molecule has 1 aliphatic heterocycles. The molecule has 1 saturated heterocycles. The molecule has 1 amide bonds. The van der Waals surface area contributed by atoms with Gasteiger partial charge < -0.3 is 14.9 Å². The zero-order valence-electron chi connectivity index (χ0n) is 21.7. The number of phenolic OH excluding ortho intramolecular Hbond substituents is 1. The first-order valence-corrected chi connectivity index (χ1v) is 13.0. The van der Waals surface area contributed by atoms with Crippen molar-refractivity contribution < 1.29 is 9.90 Å². The second-order valence-electron chi connectivity index (χ2n) is 9.76. The number of rotatable bonds is 7. The van der Waals surface area contributed by atoms with Gasteiger partial charge in [0.2, 0.25) is 6.41 Å². The zero-order valence-corrected chi connectivity index (χ0v) is 22.5. The summed E-state index contributed by atoms with van der Waals surface area (Å²) in [5.74, 6) is 0.162. The third kappa shape index (κ3) is 5.02. The zero-order chi connectivity index (χ0) is 26.8. The maximum Gasteiger partial charge on any atom is 0.218 e. The van der Waals surface area contributed by atoms with Crippen molar-refractivity contribution in [2.24, 2.45) is 0 Å². The van der Waals surface area contributed by atoms with Crippen LogP contribution in [0, 0.1) is 6.92 Å². The van der Waals surface area contributed by atoms with Crippen LogP contribution in [0.4, 0.5) is 11.4 Å². The number of halogens is 1.